The third-order valence-corrected chi connectivity index (χ3v) is 6.99. The SMILES string of the molecule is CCOC(=O)C(Sc1c(Cc2ccccc2)c(C)nc2c(-c3ccccc3)c(C)nn12)C(C)=O. The van der Waals surface area contributed by atoms with Crippen molar-refractivity contribution < 1.29 is 14.3 Å². The molecule has 0 amide bonds. The van der Waals surface area contributed by atoms with E-state index in [2.05, 4.69) is 12.1 Å². The van der Waals surface area contributed by atoms with Crippen LogP contribution < -0.4 is 0 Å². The zero-order valence-corrected chi connectivity index (χ0v) is 20.6. The van der Waals surface area contributed by atoms with Crippen LogP contribution >= 0.6 is 11.8 Å². The van der Waals surface area contributed by atoms with Crippen molar-refractivity contribution in [3.05, 3.63) is 83.2 Å². The predicted molar refractivity (Wildman–Crippen MR) is 134 cm³/mol. The van der Waals surface area contributed by atoms with Gasteiger partial charge in [-0.3, -0.25) is 9.59 Å². The van der Waals surface area contributed by atoms with Gasteiger partial charge in [0, 0.05) is 23.2 Å². The number of esters is 1. The highest BCUT2D eigenvalue weighted by Crippen LogP contribution is 2.35. The van der Waals surface area contributed by atoms with Gasteiger partial charge >= 0.3 is 5.97 Å². The topological polar surface area (TPSA) is 73.6 Å². The molecular weight excluding hydrogens is 446 g/mol. The van der Waals surface area contributed by atoms with Crippen molar-refractivity contribution in [2.24, 2.45) is 0 Å². The smallest absolute Gasteiger partial charge is 0.327 e. The molecule has 0 spiro atoms. The van der Waals surface area contributed by atoms with Gasteiger partial charge in [0.25, 0.3) is 0 Å². The van der Waals surface area contributed by atoms with Crippen molar-refractivity contribution in [3.8, 4) is 11.1 Å². The summed E-state index contributed by atoms with van der Waals surface area (Å²) in [6.07, 6.45) is 0.602. The van der Waals surface area contributed by atoms with E-state index in [1.54, 1.807) is 11.4 Å². The number of hydrogen-bond acceptors (Lipinski definition) is 6. The predicted octanol–water partition coefficient (Wildman–Crippen LogP) is 5.22. The van der Waals surface area contributed by atoms with E-state index >= 15 is 0 Å². The molecule has 0 radical (unpaired) electrons. The van der Waals surface area contributed by atoms with Crippen molar-refractivity contribution >= 4 is 29.2 Å². The van der Waals surface area contributed by atoms with E-state index in [4.69, 9.17) is 14.8 Å². The Kier molecular flexibility index (Phi) is 7.12. The number of carbonyl (C=O) groups is 2. The van der Waals surface area contributed by atoms with E-state index in [-0.39, 0.29) is 12.4 Å². The van der Waals surface area contributed by atoms with Gasteiger partial charge in [0.1, 0.15) is 5.03 Å². The minimum atomic E-state index is -0.982. The lowest BCUT2D eigenvalue weighted by Crippen LogP contribution is -2.28. The van der Waals surface area contributed by atoms with Crippen LogP contribution in [0, 0.1) is 13.8 Å². The number of ether oxygens (including phenoxy) is 1. The molecule has 0 saturated heterocycles. The number of hydrogen-bond donors (Lipinski definition) is 0. The number of aryl methyl sites for hydroxylation is 2. The summed E-state index contributed by atoms with van der Waals surface area (Å²) in [4.78, 5) is 30.1. The number of carbonyl (C=O) groups excluding carboxylic acids is 2. The summed E-state index contributed by atoms with van der Waals surface area (Å²) in [7, 11) is 0. The molecule has 174 valence electrons. The number of rotatable bonds is 8. The average molecular weight is 474 g/mol. The van der Waals surface area contributed by atoms with Crippen LogP contribution in [-0.4, -0.2) is 38.2 Å². The van der Waals surface area contributed by atoms with Crippen molar-refractivity contribution in [2.75, 3.05) is 6.61 Å². The van der Waals surface area contributed by atoms with E-state index in [1.807, 2.05) is 62.4 Å². The normalized spacial score (nSPS) is 12.0. The molecule has 2 heterocycles. The molecule has 0 bridgehead atoms. The second-order valence-electron chi connectivity index (χ2n) is 8.07. The van der Waals surface area contributed by atoms with Gasteiger partial charge in [-0.15, -0.1) is 0 Å². The van der Waals surface area contributed by atoms with E-state index in [0.29, 0.717) is 12.1 Å². The van der Waals surface area contributed by atoms with Gasteiger partial charge in [-0.2, -0.15) is 5.10 Å². The first-order chi connectivity index (χ1) is 16.4. The Labute approximate surface area is 203 Å². The lowest BCUT2D eigenvalue weighted by molar-refractivity contribution is -0.144. The summed E-state index contributed by atoms with van der Waals surface area (Å²) < 4.78 is 6.99. The van der Waals surface area contributed by atoms with Crippen LogP contribution in [0.3, 0.4) is 0 Å². The molecule has 0 saturated carbocycles. The monoisotopic (exact) mass is 473 g/mol. The number of thioether (sulfide) groups is 1. The minimum absolute atomic E-state index is 0.212. The number of nitrogens with zero attached hydrogens (tertiary/aromatic N) is 3. The van der Waals surface area contributed by atoms with Crippen molar-refractivity contribution in [3.63, 3.8) is 0 Å². The molecule has 1 unspecified atom stereocenters. The highest BCUT2D eigenvalue weighted by molar-refractivity contribution is 8.01. The molecule has 34 heavy (non-hydrogen) atoms. The third-order valence-electron chi connectivity index (χ3n) is 5.58. The molecule has 4 rings (SSSR count). The Bertz CT molecular complexity index is 1330. The highest BCUT2D eigenvalue weighted by atomic mass is 32.2. The summed E-state index contributed by atoms with van der Waals surface area (Å²) in [5, 5.41) is 4.56. The van der Waals surface area contributed by atoms with Gasteiger partial charge in [0.2, 0.25) is 0 Å². The largest absolute Gasteiger partial charge is 0.465 e. The molecule has 2 aromatic carbocycles. The molecule has 1 atom stereocenters. The van der Waals surface area contributed by atoms with Crippen molar-refractivity contribution in [1.29, 1.82) is 0 Å². The van der Waals surface area contributed by atoms with Gasteiger partial charge in [0.05, 0.1) is 12.3 Å². The van der Waals surface area contributed by atoms with Crippen LogP contribution in [0.5, 0.6) is 0 Å². The molecule has 0 aliphatic heterocycles. The average Bonchev–Trinajstić information content (AvgIpc) is 3.15. The quantitative estimate of drug-likeness (QED) is 0.151. The summed E-state index contributed by atoms with van der Waals surface area (Å²) in [6, 6.07) is 20.1. The Morgan fingerprint density at radius 2 is 1.65 bits per heavy atom. The first-order valence-corrected chi connectivity index (χ1v) is 12.1. The summed E-state index contributed by atoms with van der Waals surface area (Å²) in [6.45, 7) is 7.28. The third kappa shape index (κ3) is 4.75. The van der Waals surface area contributed by atoms with E-state index in [1.165, 1.54) is 18.7 Å². The van der Waals surface area contributed by atoms with Crippen molar-refractivity contribution in [2.45, 2.75) is 44.4 Å². The van der Waals surface area contributed by atoms with Gasteiger partial charge < -0.3 is 4.74 Å². The molecule has 0 aliphatic carbocycles. The van der Waals surface area contributed by atoms with Gasteiger partial charge in [-0.05, 0) is 38.8 Å². The van der Waals surface area contributed by atoms with Gasteiger partial charge in [-0.1, -0.05) is 72.4 Å². The van der Waals surface area contributed by atoms with Crippen LogP contribution in [0.2, 0.25) is 0 Å². The molecule has 0 N–H and O–H groups in total. The Morgan fingerprint density at radius 3 is 2.26 bits per heavy atom. The minimum Gasteiger partial charge on any atom is -0.465 e. The fraction of sp³-hybridized carbons (Fsp3) is 0.259. The second-order valence-corrected chi connectivity index (χ2v) is 9.16. The molecule has 6 nitrogen and oxygen atoms in total. The Balaban J connectivity index is 1.94. The first-order valence-electron chi connectivity index (χ1n) is 11.2. The molecular formula is C27H27N3O3S. The molecule has 2 aromatic heterocycles. The van der Waals surface area contributed by atoms with Crippen LogP contribution in [-0.2, 0) is 20.7 Å². The second kappa shape index (κ2) is 10.2. The first kappa shape index (κ1) is 23.7. The Hall–Kier alpha value is -3.45. The van der Waals surface area contributed by atoms with Crippen LogP contribution in [0.25, 0.3) is 16.8 Å². The number of fused-ring (bicyclic) bond motifs is 1. The zero-order valence-electron chi connectivity index (χ0n) is 19.7. The maximum absolute atomic E-state index is 12.7. The maximum atomic E-state index is 12.7. The lowest BCUT2D eigenvalue weighted by Gasteiger charge is -2.18. The summed E-state index contributed by atoms with van der Waals surface area (Å²) >= 11 is 1.19. The van der Waals surface area contributed by atoms with E-state index in [0.717, 1.165) is 38.7 Å². The Morgan fingerprint density at radius 1 is 1.00 bits per heavy atom. The van der Waals surface area contributed by atoms with Gasteiger partial charge in [0.15, 0.2) is 16.7 Å². The number of Topliss-reactive ketones (excluding diaryl/α,β-unsaturated/α-hetero) is 1. The summed E-state index contributed by atoms with van der Waals surface area (Å²) in [5.41, 5.74) is 6.35. The van der Waals surface area contributed by atoms with Crippen molar-refractivity contribution in [1.82, 2.24) is 14.6 Å². The summed E-state index contributed by atoms with van der Waals surface area (Å²) in [5.74, 6) is -0.802. The van der Waals surface area contributed by atoms with E-state index < -0.39 is 11.2 Å². The van der Waals surface area contributed by atoms with Crippen LogP contribution in [0.1, 0.15) is 36.4 Å². The van der Waals surface area contributed by atoms with Gasteiger partial charge in [-0.25, -0.2) is 9.50 Å². The van der Waals surface area contributed by atoms with E-state index in [9.17, 15) is 9.59 Å². The standard InChI is InChI=1S/C27H27N3O3S/c1-5-33-27(32)24(19(4)31)34-26-22(16-20-12-8-6-9-13-20)17(2)28-25-23(18(3)29-30(25)26)21-14-10-7-11-15-21/h6-15,24H,5,16H2,1-4H3. The number of benzene rings is 2. The molecule has 0 aliphatic rings. The maximum Gasteiger partial charge on any atom is 0.327 e. The highest BCUT2D eigenvalue weighted by Gasteiger charge is 2.30. The van der Waals surface area contributed by atoms with Crippen LogP contribution in [0.4, 0.5) is 0 Å². The number of aromatic nitrogens is 3. The molecule has 0 fully saturated rings. The number of ketones is 1. The fourth-order valence-corrected chi connectivity index (χ4v) is 5.11. The fourth-order valence-electron chi connectivity index (χ4n) is 3.96. The zero-order chi connectivity index (χ0) is 24.2. The molecule has 7 heteroatoms. The lowest BCUT2D eigenvalue weighted by atomic mass is 10.0. The van der Waals surface area contributed by atoms with Crippen LogP contribution in [0.15, 0.2) is 65.7 Å². The molecule has 4 aromatic rings.